The fourth-order valence-corrected chi connectivity index (χ4v) is 2.94. The predicted octanol–water partition coefficient (Wildman–Crippen LogP) is -0.169. The molecule has 1 aliphatic rings. The van der Waals surface area contributed by atoms with Crippen LogP contribution in [0.2, 0.25) is 0 Å². The SMILES string of the molecule is CCCn1c(N)c(C(=O)CN2C[C@@H](C)OC[C@H]2C)c(=O)n(C)c1=O. The number of aromatic nitrogens is 2. The number of ketones is 1. The number of anilines is 1. The van der Waals surface area contributed by atoms with Crippen LogP contribution < -0.4 is 17.0 Å². The zero-order chi connectivity index (χ0) is 18.0. The van der Waals surface area contributed by atoms with Gasteiger partial charge >= 0.3 is 5.69 Å². The number of hydrogen-bond donors (Lipinski definition) is 1. The maximum atomic E-state index is 12.7. The fraction of sp³-hybridized carbons (Fsp3) is 0.688. The molecule has 0 bridgehead atoms. The molecule has 2 atom stereocenters. The van der Waals surface area contributed by atoms with Gasteiger partial charge in [0.05, 0.1) is 19.3 Å². The quantitative estimate of drug-likeness (QED) is 0.749. The third kappa shape index (κ3) is 3.44. The van der Waals surface area contributed by atoms with Crippen LogP contribution in [-0.2, 0) is 18.3 Å². The van der Waals surface area contributed by atoms with Gasteiger partial charge in [0.1, 0.15) is 11.4 Å². The molecule has 134 valence electrons. The van der Waals surface area contributed by atoms with Crippen molar-refractivity contribution in [1.29, 1.82) is 0 Å². The average molecular weight is 338 g/mol. The van der Waals surface area contributed by atoms with Crippen LogP contribution >= 0.6 is 0 Å². The van der Waals surface area contributed by atoms with E-state index in [1.165, 1.54) is 11.6 Å². The van der Waals surface area contributed by atoms with Gasteiger partial charge in [-0.2, -0.15) is 0 Å². The summed E-state index contributed by atoms with van der Waals surface area (Å²) in [5.41, 5.74) is 4.76. The van der Waals surface area contributed by atoms with Crippen molar-refractivity contribution in [3.63, 3.8) is 0 Å². The van der Waals surface area contributed by atoms with Crippen LogP contribution in [0, 0.1) is 0 Å². The first kappa shape index (κ1) is 18.4. The molecule has 1 aromatic heterocycles. The van der Waals surface area contributed by atoms with Gasteiger partial charge in [-0.15, -0.1) is 0 Å². The van der Waals surface area contributed by atoms with Crippen molar-refractivity contribution in [1.82, 2.24) is 14.0 Å². The number of morpholine rings is 1. The van der Waals surface area contributed by atoms with Crippen LogP contribution in [0.15, 0.2) is 9.59 Å². The smallest absolute Gasteiger partial charge is 0.332 e. The number of rotatable bonds is 5. The summed E-state index contributed by atoms with van der Waals surface area (Å²) >= 11 is 0. The summed E-state index contributed by atoms with van der Waals surface area (Å²) in [6, 6.07) is 0.0803. The first-order valence-corrected chi connectivity index (χ1v) is 8.26. The number of hydrogen-bond acceptors (Lipinski definition) is 6. The molecular formula is C16H26N4O4. The van der Waals surface area contributed by atoms with Crippen molar-refractivity contribution in [2.45, 2.75) is 45.9 Å². The van der Waals surface area contributed by atoms with E-state index in [1.807, 2.05) is 25.7 Å². The Kier molecular flexibility index (Phi) is 5.61. The average Bonchev–Trinajstić information content (AvgIpc) is 2.53. The van der Waals surface area contributed by atoms with Crippen LogP contribution in [0.1, 0.15) is 37.6 Å². The number of carbonyl (C=O) groups excluding carboxylic acids is 1. The van der Waals surface area contributed by atoms with Gasteiger partial charge in [-0.1, -0.05) is 6.92 Å². The van der Waals surface area contributed by atoms with Gasteiger partial charge in [0.25, 0.3) is 5.56 Å². The molecule has 1 aliphatic heterocycles. The predicted molar refractivity (Wildman–Crippen MR) is 91.4 cm³/mol. The minimum Gasteiger partial charge on any atom is -0.384 e. The van der Waals surface area contributed by atoms with Gasteiger partial charge in [-0.05, 0) is 20.3 Å². The zero-order valence-corrected chi connectivity index (χ0v) is 14.7. The van der Waals surface area contributed by atoms with Gasteiger partial charge in [0.15, 0.2) is 5.78 Å². The number of nitrogen functional groups attached to an aromatic ring is 1. The molecule has 0 aliphatic carbocycles. The van der Waals surface area contributed by atoms with Crippen molar-refractivity contribution in [3.05, 3.63) is 26.4 Å². The number of Topliss-reactive ketones (excluding diaryl/α,β-unsaturated/α-hetero) is 1. The van der Waals surface area contributed by atoms with E-state index in [0.29, 0.717) is 26.1 Å². The minimum absolute atomic E-state index is 0.0308. The summed E-state index contributed by atoms with van der Waals surface area (Å²) in [5.74, 6) is -0.400. The summed E-state index contributed by atoms with van der Waals surface area (Å²) in [6.45, 7) is 7.41. The third-order valence-corrected chi connectivity index (χ3v) is 4.39. The van der Waals surface area contributed by atoms with Crippen molar-refractivity contribution < 1.29 is 9.53 Å². The molecule has 2 N–H and O–H groups in total. The number of carbonyl (C=O) groups is 1. The molecule has 8 heteroatoms. The Hall–Kier alpha value is -1.93. The maximum absolute atomic E-state index is 12.7. The summed E-state index contributed by atoms with van der Waals surface area (Å²) in [5, 5.41) is 0. The molecule has 0 unspecified atom stereocenters. The molecule has 8 nitrogen and oxygen atoms in total. The summed E-state index contributed by atoms with van der Waals surface area (Å²) in [4.78, 5) is 39.3. The Bertz CT molecular complexity index is 737. The summed E-state index contributed by atoms with van der Waals surface area (Å²) in [7, 11) is 1.37. The van der Waals surface area contributed by atoms with Crippen LogP contribution in [0.25, 0.3) is 0 Å². The monoisotopic (exact) mass is 338 g/mol. The molecule has 24 heavy (non-hydrogen) atoms. The van der Waals surface area contributed by atoms with Crippen molar-refractivity contribution in [2.24, 2.45) is 7.05 Å². The highest BCUT2D eigenvalue weighted by Crippen LogP contribution is 2.13. The number of nitrogens with zero attached hydrogens (tertiary/aromatic N) is 3. The molecule has 0 radical (unpaired) electrons. The van der Waals surface area contributed by atoms with Crippen LogP contribution in [0.5, 0.6) is 0 Å². The maximum Gasteiger partial charge on any atom is 0.332 e. The van der Waals surface area contributed by atoms with E-state index in [9.17, 15) is 14.4 Å². The molecule has 1 aromatic rings. The lowest BCUT2D eigenvalue weighted by atomic mass is 10.1. The number of ether oxygens (including phenoxy) is 1. The second kappa shape index (κ2) is 7.31. The highest BCUT2D eigenvalue weighted by Gasteiger charge is 2.28. The lowest BCUT2D eigenvalue weighted by Gasteiger charge is -2.36. The summed E-state index contributed by atoms with van der Waals surface area (Å²) in [6.07, 6.45) is 0.705. The van der Waals surface area contributed by atoms with E-state index in [4.69, 9.17) is 10.5 Å². The zero-order valence-electron chi connectivity index (χ0n) is 14.7. The molecule has 1 fully saturated rings. The van der Waals surface area contributed by atoms with Crippen LogP contribution in [-0.4, -0.2) is 51.7 Å². The molecular weight excluding hydrogens is 312 g/mol. The second-order valence-electron chi connectivity index (χ2n) is 6.40. The van der Waals surface area contributed by atoms with Gasteiger partial charge in [0.2, 0.25) is 0 Å². The van der Waals surface area contributed by atoms with E-state index >= 15 is 0 Å². The van der Waals surface area contributed by atoms with Crippen molar-refractivity contribution in [3.8, 4) is 0 Å². The van der Waals surface area contributed by atoms with Crippen LogP contribution in [0.4, 0.5) is 5.82 Å². The van der Waals surface area contributed by atoms with Gasteiger partial charge in [0, 0.05) is 26.2 Å². The standard InChI is InChI=1S/C16H26N4O4/c1-5-6-20-14(17)13(15(22)18(4)16(20)23)12(21)8-19-7-11(3)24-9-10(19)2/h10-11H,5-9,17H2,1-4H3/t10-,11-/m1/s1. The Labute approximate surface area is 140 Å². The lowest BCUT2D eigenvalue weighted by molar-refractivity contribution is -0.0460. The topological polar surface area (TPSA) is 99.6 Å². The molecule has 0 saturated carbocycles. The Morgan fingerprint density at radius 3 is 2.62 bits per heavy atom. The third-order valence-electron chi connectivity index (χ3n) is 4.39. The highest BCUT2D eigenvalue weighted by molar-refractivity contribution is 6.01. The second-order valence-corrected chi connectivity index (χ2v) is 6.40. The summed E-state index contributed by atoms with van der Waals surface area (Å²) < 4.78 is 7.79. The van der Waals surface area contributed by atoms with Gasteiger partial charge in [-0.25, -0.2) is 4.79 Å². The molecule has 1 saturated heterocycles. The lowest BCUT2D eigenvalue weighted by Crippen LogP contribution is -2.50. The molecule has 2 rings (SSSR count). The van der Waals surface area contributed by atoms with E-state index in [0.717, 1.165) is 4.57 Å². The Morgan fingerprint density at radius 1 is 1.33 bits per heavy atom. The van der Waals surface area contributed by atoms with Gasteiger partial charge < -0.3 is 10.5 Å². The number of nitrogens with two attached hydrogens (primary N) is 1. The Balaban J connectivity index is 2.39. The first-order chi connectivity index (χ1) is 11.3. The largest absolute Gasteiger partial charge is 0.384 e. The van der Waals surface area contributed by atoms with E-state index in [-0.39, 0.29) is 35.9 Å². The Morgan fingerprint density at radius 2 is 2.00 bits per heavy atom. The molecule has 2 heterocycles. The highest BCUT2D eigenvalue weighted by atomic mass is 16.5. The normalized spacial score (nSPS) is 21.8. The van der Waals surface area contributed by atoms with Gasteiger partial charge in [-0.3, -0.25) is 23.6 Å². The fourth-order valence-electron chi connectivity index (χ4n) is 2.94. The van der Waals surface area contributed by atoms with Crippen LogP contribution in [0.3, 0.4) is 0 Å². The van der Waals surface area contributed by atoms with E-state index < -0.39 is 11.2 Å². The molecule has 0 spiro atoms. The minimum atomic E-state index is -0.635. The van der Waals surface area contributed by atoms with E-state index in [2.05, 4.69) is 0 Å². The van der Waals surface area contributed by atoms with Crippen molar-refractivity contribution >= 4 is 11.6 Å². The van der Waals surface area contributed by atoms with Crippen molar-refractivity contribution in [2.75, 3.05) is 25.4 Å². The van der Waals surface area contributed by atoms with E-state index in [1.54, 1.807) is 0 Å². The first-order valence-electron chi connectivity index (χ1n) is 8.26. The molecule has 0 amide bonds. The molecule has 0 aromatic carbocycles.